The summed E-state index contributed by atoms with van der Waals surface area (Å²) in [6.07, 6.45) is 6.36. The zero-order valence-corrected chi connectivity index (χ0v) is 22.3. The fourth-order valence-corrected chi connectivity index (χ4v) is 6.33. The first kappa shape index (κ1) is 27.5. The molecule has 0 bridgehead atoms. The molecule has 1 aliphatic heterocycles. The minimum Gasteiger partial charge on any atom is -0.396 e. The number of pyridine rings is 1. The Morgan fingerprint density at radius 3 is 2.41 bits per heavy atom. The molecule has 3 atom stereocenters. The Morgan fingerprint density at radius 2 is 1.67 bits per heavy atom. The smallest absolute Gasteiger partial charge is 0.396 e. The first-order valence-electron chi connectivity index (χ1n) is 14.2. The van der Waals surface area contributed by atoms with Gasteiger partial charge in [0.1, 0.15) is 5.82 Å². The summed E-state index contributed by atoms with van der Waals surface area (Å²) in [6.45, 7) is 1.94. The van der Waals surface area contributed by atoms with E-state index in [1.807, 2.05) is 12.3 Å². The Kier molecular flexibility index (Phi) is 8.75. The van der Waals surface area contributed by atoms with Crippen molar-refractivity contribution in [3.63, 3.8) is 0 Å². The monoisotopic (exact) mass is 537 g/mol. The summed E-state index contributed by atoms with van der Waals surface area (Å²) in [5, 5.41) is 12.9. The van der Waals surface area contributed by atoms with Crippen LogP contribution in [0.15, 0.2) is 66.9 Å². The van der Waals surface area contributed by atoms with E-state index in [9.17, 15) is 13.2 Å². The van der Waals surface area contributed by atoms with Gasteiger partial charge in [0.25, 0.3) is 0 Å². The van der Waals surface area contributed by atoms with Gasteiger partial charge in [-0.3, -0.25) is 0 Å². The third kappa shape index (κ3) is 7.13. The molecule has 1 aromatic heterocycles. The average molecular weight is 538 g/mol. The number of nitrogens with one attached hydrogen (secondary N) is 1. The third-order valence-electron chi connectivity index (χ3n) is 8.40. The number of hydrogen-bond acceptors (Lipinski definition) is 4. The molecule has 0 radical (unpaired) electrons. The lowest BCUT2D eigenvalue weighted by atomic mass is 9.77. The van der Waals surface area contributed by atoms with Crippen LogP contribution in [0.1, 0.15) is 56.1 Å². The van der Waals surface area contributed by atoms with Crippen LogP contribution in [0.2, 0.25) is 0 Å². The lowest BCUT2D eigenvalue weighted by Crippen LogP contribution is -2.39. The van der Waals surface area contributed by atoms with Gasteiger partial charge in [0.15, 0.2) is 0 Å². The molecule has 2 N–H and O–H groups in total. The van der Waals surface area contributed by atoms with Crippen LogP contribution < -0.4 is 10.2 Å². The van der Waals surface area contributed by atoms with Gasteiger partial charge in [-0.1, -0.05) is 37.1 Å². The van der Waals surface area contributed by atoms with Crippen LogP contribution in [-0.2, 0) is 12.6 Å². The summed E-state index contributed by atoms with van der Waals surface area (Å²) >= 11 is 0. The maximum atomic E-state index is 13.0. The minimum absolute atomic E-state index is 0.152. The summed E-state index contributed by atoms with van der Waals surface area (Å²) < 4.78 is 39.0. The standard InChI is InChI=1S/C32H38F3N3O/c33-32(34,35)28-11-13-29(14-12-28)38-18-3-4-24(22-38)20-27-5-1-2-6-30(27)37-31-21-26(15-17-36-31)25-9-7-23(8-10-25)16-19-39/h7-15,17,21,24,27,30,39H,1-6,16,18-20,22H2,(H,36,37)/t24-,27+,30-/m1/s1. The van der Waals surface area contributed by atoms with Gasteiger partial charge < -0.3 is 15.3 Å². The molecule has 4 nitrogen and oxygen atoms in total. The first-order valence-corrected chi connectivity index (χ1v) is 14.2. The van der Waals surface area contributed by atoms with Crippen LogP contribution >= 0.6 is 0 Å². The number of anilines is 2. The van der Waals surface area contributed by atoms with Crippen LogP contribution in [0.25, 0.3) is 11.1 Å². The molecule has 208 valence electrons. The molecule has 2 heterocycles. The summed E-state index contributed by atoms with van der Waals surface area (Å²) in [4.78, 5) is 6.89. The summed E-state index contributed by atoms with van der Waals surface area (Å²) in [7, 11) is 0. The fraction of sp³-hybridized carbons (Fsp3) is 0.469. The Morgan fingerprint density at radius 1 is 0.897 bits per heavy atom. The van der Waals surface area contributed by atoms with Crippen molar-refractivity contribution in [2.24, 2.45) is 11.8 Å². The third-order valence-corrected chi connectivity index (χ3v) is 8.40. The number of aromatic nitrogens is 1. The van der Waals surface area contributed by atoms with Crippen molar-refractivity contribution in [3.8, 4) is 11.1 Å². The predicted molar refractivity (Wildman–Crippen MR) is 151 cm³/mol. The molecule has 1 saturated carbocycles. The van der Waals surface area contributed by atoms with Crippen LogP contribution in [-0.4, -0.2) is 35.8 Å². The summed E-state index contributed by atoms with van der Waals surface area (Å²) in [6, 6.07) is 18.5. The molecule has 2 fully saturated rings. The maximum Gasteiger partial charge on any atom is 0.416 e. The highest BCUT2D eigenvalue weighted by Crippen LogP contribution is 2.36. The van der Waals surface area contributed by atoms with E-state index in [2.05, 4.69) is 45.5 Å². The largest absolute Gasteiger partial charge is 0.416 e. The second-order valence-corrected chi connectivity index (χ2v) is 11.1. The van der Waals surface area contributed by atoms with E-state index >= 15 is 0 Å². The number of aliphatic hydroxyl groups excluding tert-OH is 1. The fourth-order valence-electron chi connectivity index (χ4n) is 6.33. The van der Waals surface area contributed by atoms with Gasteiger partial charge in [-0.25, -0.2) is 4.98 Å². The van der Waals surface area contributed by atoms with Gasteiger partial charge in [-0.05, 0) is 103 Å². The Labute approximate surface area is 229 Å². The van der Waals surface area contributed by atoms with E-state index in [1.165, 1.54) is 37.8 Å². The van der Waals surface area contributed by atoms with E-state index < -0.39 is 11.7 Å². The number of piperidine rings is 1. The number of rotatable bonds is 8. The molecule has 0 amide bonds. The molecule has 0 unspecified atom stereocenters. The normalized spacial score (nSPS) is 22.1. The lowest BCUT2D eigenvalue weighted by molar-refractivity contribution is -0.137. The first-order chi connectivity index (χ1) is 18.9. The van der Waals surface area contributed by atoms with E-state index in [4.69, 9.17) is 5.11 Å². The van der Waals surface area contributed by atoms with Crippen molar-refractivity contribution in [2.75, 3.05) is 29.9 Å². The minimum atomic E-state index is -4.30. The number of aliphatic hydroxyl groups is 1. The molecule has 7 heteroatoms. The number of benzene rings is 2. The zero-order chi connectivity index (χ0) is 27.2. The van der Waals surface area contributed by atoms with Gasteiger partial charge in [-0.2, -0.15) is 13.2 Å². The highest BCUT2D eigenvalue weighted by Gasteiger charge is 2.32. The van der Waals surface area contributed by atoms with E-state index in [0.29, 0.717) is 24.3 Å². The van der Waals surface area contributed by atoms with Crippen molar-refractivity contribution in [1.82, 2.24) is 4.98 Å². The van der Waals surface area contributed by atoms with Crippen LogP contribution in [0.5, 0.6) is 0 Å². The molecule has 3 aromatic rings. The van der Waals surface area contributed by atoms with Gasteiger partial charge in [-0.15, -0.1) is 0 Å². The Bertz CT molecular complexity index is 1200. The second-order valence-electron chi connectivity index (χ2n) is 11.1. The predicted octanol–water partition coefficient (Wildman–Crippen LogP) is 7.58. The van der Waals surface area contributed by atoms with Crippen molar-refractivity contribution < 1.29 is 18.3 Å². The lowest BCUT2D eigenvalue weighted by Gasteiger charge is -2.39. The molecule has 1 saturated heterocycles. The van der Waals surface area contributed by atoms with E-state index in [-0.39, 0.29) is 6.61 Å². The summed E-state index contributed by atoms with van der Waals surface area (Å²) in [5.74, 6) is 1.99. The van der Waals surface area contributed by atoms with Crippen molar-refractivity contribution >= 4 is 11.5 Å². The van der Waals surface area contributed by atoms with Crippen molar-refractivity contribution in [1.29, 1.82) is 0 Å². The number of alkyl halides is 3. The molecule has 2 aliphatic rings. The summed E-state index contributed by atoms with van der Waals surface area (Å²) in [5.41, 5.74) is 3.67. The number of halogens is 3. The quantitative estimate of drug-likeness (QED) is 0.311. The Balaban J connectivity index is 1.22. The highest BCUT2D eigenvalue weighted by atomic mass is 19.4. The van der Waals surface area contributed by atoms with Crippen molar-refractivity contribution in [3.05, 3.63) is 78.0 Å². The molecule has 0 spiro atoms. The second kappa shape index (κ2) is 12.4. The zero-order valence-electron chi connectivity index (χ0n) is 22.3. The SMILES string of the molecule is OCCc1ccc(-c2ccnc(N[C@@H]3CCCC[C@H]3C[C@H]3CCCN(c4ccc(C(F)(F)F)cc4)C3)c2)cc1. The Hall–Kier alpha value is -3.06. The van der Waals surface area contributed by atoms with Crippen LogP contribution in [0, 0.1) is 11.8 Å². The van der Waals surface area contributed by atoms with Gasteiger partial charge in [0.2, 0.25) is 0 Å². The van der Waals surface area contributed by atoms with Gasteiger partial charge >= 0.3 is 6.18 Å². The van der Waals surface area contributed by atoms with E-state index in [1.54, 1.807) is 12.1 Å². The van der Waals surface area contributed by atoms with E-state index in [0.717, 1.165) is 60.5 Å². The maximum absolute atomic E-state index is 13.0. The average Bonchev–Trinajstić information content (AvgIpc) is 2.95. The molecule has 39 heavy (non-hydrogen) atoms. The molecular weight excluding hydrogens is 499 g/mol. The molecule has 1 aliphatic carbocycles. The van der Waals surface area contributed by atoms with Crippen LogP contribution in [0.3, 0.4) is 0 Å². The van der Waals surface area contributed by atoms with Gasteiger partial charge in [0.05, 0.1) is 5.56 Å². The topological polar surface area (TPSA) is 48.4 Å². The van der Waals surface area contributed by atoms with Gasteiger partial charge in [0, 0.05) is 37.6 Å². The highest BCUT2D eigenvalue weighted by molar-refractivity contribution is 5.66. The number of hydrogen-bond donors (Lipinski definition) is 2. The number of nitrogens with zero attached hydrogens (tertiary/aromatic N) is 2. The molecule has 2 aromatic carbocycles. The van der Waals surface area contributed by atoms with Crippen LogP contribution in [0.4, 0.5) is 24.7 Å². The molecule has 5 rings (SSSR count). The molecular formula is C32H38F3N3O. The van der Waals surface area contributed by atoms with Crippen molar-refractivity contribution in [2.45, 2.75) is 63.6 Å².